The summed E-state index contributed by atoms with van der Waals surface area (Å²) in [6, 6.07) is 9.69. The number of amides is 1. The number of fused-ring (bicyclic) bond motifs is 2. The van der Waals surface area contributed by atoms with Gasteiger partial charge in [0.15, 0.2) is 0 Å². The van der Waals surface area contributed by atoms with Gasteiger partial charge in [0.1, 0.15) is 11.5 Å². The van der Waals surface area contributed by atoms with Crippen molar-refractivity contribution in [3.63, 3.8) is 0 Å². The third-order valence-electron chi connectivity index (χ3n) is 4.36. The molecule has 0 bridgehead atoms. The van der Waals surface area contributed by atoms with E-state index in [2.05, 4.69) is 0 Å². The molecule has 1 atom stereocenters. The summed E-state index contributed by atoms with van der Waals surface area (Å²) in [5.41, 5.74) is 0.658. The Kier molecular flexibility index (Phi) is 3.46. The van der Waals surface area contributed by atoms with Crippen LogP contribution in [0.5, 0.6) is 5.75 Å². The van der Waals surface area contributed by atoms with Crippen LogP contribution in [-0.2, 0) is 15.1 Å². The number of carbonyl (C=O) groups excluding carboxylic acids is 1. The van der Waals surface area contributed by atoms with Crippen LogP contribution >= 0.6 is 11.3 Å². The van der Waals surface area contributed by atoms with E-state index in [4.69, 9.17) is 9.47 Å². The lowest BCUT2D eigenvalue weighted by atomic mass is 9.96. The highest BCUT2D eigenvalue weighted by Crippen LogP contribution is 2.49. The summed E-state index contributed by atoms with van der Waals surface area (Å²) in [6.07, 6.45) is 5.70. The zero-order valence-corrected chi connectivity index (χ0v) is 14.3. The first kappa shape index (κ1) is 15.0. The van der Waals surface area contributed by atoms with Crippen LogP contribution in [0.1, 0.15) is 17.4 Å². The zero-order chi connectivity index (χ0) is 16.7. The zero-order valence-electron chi connectivity index (χ0n) is 13.5. The van der Waals surface area contributed by atoms with Gasteiger partial charge < -0.3 is 14.4 Å². The van der Waals surface area contributed by atoms with E-state index in [1.165, 1.54) is 0 Å². The summed E-state index contributed by atoms with van der Waals surface area (Å²) >= 11 is 1.63. The standard InChI is InChI=1S/C19H17NO3S/c1-3-20-17-12-13(22-2)6-7-16(17)19(18(20)21)9-8-14(23-19)11-15-5-4-10-24-15/h4-12H,3H2,1-2H3/b14-11-. The molecule has 2 aromatic rings. The number of allylic oxidation sites excluding steroid dienone is 1. The Labute approximate surface area is 144 Å². The summed E-state index contributed by atoms with van der Waals surface area (Å²) in [7, 11) is 1.62. The molecule has 1 aromatic heterocycles. The molecule has 1 unspecified atom stereocenters. The summed E-state index contributed by atoms with van der Waals surface area (Å²) in [4.78, 5) is 15.9. The number of anilines is 1. The van der Waals surface area contributed by atoms with Gasteiger partial charge in [-0.15, -0.1) is 11.3 Å². The molecule has 1 aromatic carbocycles. The van der Waals surface area contributed by atoms with Gasteiger partial charge >= 0.3 is 0 Å². The van der Waals surface area contributed by atoms with E-state index in [0.29, 0.717) is 12.3 Å². The Morgan fingerprint density at radius 2 is 2.25 bits per heavy atom. The smallest absolute Gasteiger partial charge is 0.280 e. The fourth-order valence-electron chi connectivity index (χ4n) is 3.22. The number of rotatable bonds is 3. The van der Waals surface area contributed by atoms with Crippen molar-refractivity contribution in [3.8, 4) is 5.75 Å². The Morgan fingerprint density at radius 1 is 1.38 bits per heavy atom. The molecule has 1 spiro atoms. The molecule has 1 amide bonds. The number of nitrogens with zero attached hydrogens (tertiary/aromatic N) is 1. The normalized spacial score (nSPS) is 23.2. The fraction of sp³-hybridized carbons (Fsp3) is 0.211. The van der Waals surface area contributed by atoms with Gasteiger partial charge in [0.2, 0.25) is 5.60 Å². The first-order chi connectivity index (χ1) is 11.7. The molecule has 4 nitrogen and oxygen atoms in total. The van der Waals surface area contributed by atoms with Gasteiger partial charge in [0, 0.05) is 23.1 Å². The van der Waals surface area contributed by atoms with Gasteiger partial charge in [-0.2, -0.15) is 0 Å². The second-order valence-electron chi connectivity index (χ2n) is 5.67. The predicted octanol–water partition coefficient (Wildman–Crippen LogP) is 3.95. The number of likely N-dealkylation sites (N-methyl/N-ethyl adjacent to an activating group) is 1. The van der Waals surface area contributed by atoms with Crippen molar-refractivity contribution < 1.29 is 14.3 Å². The first-order valence-corrected chi connectivity index (χ1v) is 8.70. The molecule has 24 heavy (non-hydrogen) atoms. The van der Waals surface area contributed by atoms with Gasteiger partial charge in [0.05, 0.1) is 12.8 Å². The minimum absolute atomic E-state index is 0.0564. The molecule has 0 radical (unpaired) electrons. The maximum Gasteiger partial charge on any atom is 0.280 e. The van der Waals surface area contributed by atoms with Crippen LogP contribution in [-0.4, -0.2) is 19.6 Å². The Morgan fingerprint density at radius 3 is 2.96 bits per heavy atom. The fourth-order valence-corrected chi connectivity index (χ4v) is 3.87. The van der Waals surface area contributed by atoms with Crippen LogP contribution in [0.2, 0.25) is 0 Å². The van der Waals surface area contributed by atoms with E-state index in [1.54, 1.807) is 23.3 Å². The molecular weight excluding hydrogens is 322 g/mol. The molecule has 3 heterocycles. The van der Waals surface area contributed by atoms with Crippen LogP contribution in [0.15, 0.2) is 53.6 Å². The third-order valence-corrected chi connectivity index (χ3v) is 5.18. The molecule has 0 saturated carbocycles. The largest absolute Gasteiger partial charge is 0.497 e. The lowest BCUT2D eigenvalue weighted by Crippen LogP contribution is -2.39. The summed E-state index contributed by atoms with van der Waals surface area (Å²) in [5.74, 6) is 1.37. The molecular formula is C19H17NO3S. The van der Waals surface area contributed by atoms with Crippen molar-refractivity contribution in [2.24, 2.45) is 0 Å². The minimum Gasteiger partial charge on any atom is -0.497 e. The number of carbonyl (C=O) groups is 1. The SMILES string of the molecule is CCN1C(=O)C2(C=C/C(=C/c3cccs3)O2)c2ccc(OC)cc21. The summed E-state index contributed by atoms with van der Waals surface area (Å²) in [6.45, 7) is 2.54. The maximum absolute atomic E-state index is 13.0. The van der Waals surface area contributed by atoms with E-state index in [1.807, 2.05) is 60.9 Å². The first-order valence-electron chi connectivity index (χ1n) is 7.82. The van der Waals surface area contributed by atoms with Gasteiger partial charge in [-0.05, 0) is 48.7 Å². The van der Waals surface area contributed by atoms with Crippen molar-refractivity contribution >= 4 is 29.0 Å². The van der Waals surface area contributed by atoms with E-state index < -0.39 is 5.60 Å². The van der Waals surface area contributed by atoms with E-state index in [9.17, 15) is 4.79 Å². The Bertz CT molecular complexity index is 854. The van der Waals surface area contributed by atoms with Gasteiger partial charge in [-0.1, -0.05) is 6.07 Å². The molecule has 5 heteroatoms. The van der Waals surface area contributed by atoms with Gasteiger partial charge in [-0.25, -0.2) is 0 Å². The summed E-state index contributed by atoms with van der Waals surface area (Å²) in [5, 5.41) is 2.02. The number of benzene rings is 1. The molecule has 4 rings (SSSR count). The topological polar surface area (TPSA) is 38.8 Å². The summed E-state index contributed by atoms with van der Waals surface area (Å²) < 4.78 is 11.5. The van der Waals surface area contributed by atoms with E-state index in [0.717, 1.165) is 21.9 Å². The lowest BCUT2D eigenvalue weighted by molar-refractivity contribution is -0.131. The van der Waals surface area contributed by atoms with Crippen LogP contribution in [0.4, 0.5) is 5.69 Å². The third kappa shape index (κ3) is 2.08. The average Bonchev–Trinajstić information content (AvgIpc) is 3.30. The molecule has 0 fully saturated rings. The molecule has 2 aliphatic rings. The van der Waals surface area contributed by atoms with Crippen molar-refractivity contribution in [2.45, 2.75) is 12.5 Å². The van der Waals surface area contributed by atoms with Crippen LogP contribution in [0, 0.1) is 0 Å². The molecule has 0 N–H and O–H groups in total. The van der Waals surface area contributed by atoms with E-state index >= 15 is 0 Å². The van der Waals surface area contributed by atoms with Crippen molar-refractivity contribution in [1.82, 2.24) is 0 Å². The van der Waals surface area contributed by atoms with Gasteiger partial charge in [-0.3, -0.25) is 4.79 Å². The number of hydrogen-bond acceptors (Lipinski definition) is 4. The maximum atomic E-state index is 13.0. The predicted molar refractivity (Wildman–Crippen MR) is 95.2 cm³/mol. The highest BCUT2D eigenvalue weighted by atomic mass is 32.1. The molecule has 0 aliphatic carbocycles. The lowest BCUT2D eigenvalue weighted by Gasteiger charge is -2.22. The van der Waals surface area contributed by atoms with Crippen molar-refractivity contribution in [1.29, 1.82) is 0 Å². The quantitative estimate of drug-likeness (QED) is 0.850. The molecule has 122 valence electrons. The minimum atomic E-state index is -1.05. The molecule has 0 saturated heterocycles. The average molecular weight is 339 g/mol. The van der Waals surface area contributed by atoms with Crippen LogP contribution in [0.25, 0.3) is 6.08 Å². The number of thiophene rings is 1. The Hall–Kier alpha value is -2.53. The second-order valence-corrected chi connectivity index (χ2v) is 6.64. The van der Waals surface area contributed by atoms with E-state index in [-0.39, 0.29) is 5.91 Å². The van der Waals surface area contributed by atoms with Crippen LogP contribution < -0.4 is 9.64 Å². The number of methoxy groups -OCH3 is 1. The monoisotopic (exact) mass is 339 g/mol. The van der Waals surface area contributed by atoms with Gasteiger partial charge in [0.25, 0.3) is 5.91 Å². The number of hydrogen-bond donors (Lipinski definition) is 0. The number of ether oxygens (including phenoxy) is 2. The highest BCUT2D eigenvalue weighted by molar-refractivity contribution is 7.10. The van der Waals surface area contributed by atoms with Crippen LogP contribution in [0.3, 0.4) is 0 Å². The van der Waals surface area contributed by atoms with Crippen molar-refractivity contribution in [3.05, 3.63) is 64.1 Å². The molecule has 2 aliphatic heterocycles. The van der Waals surface area contributed by atoms with Crippen molar-refractivity contribution in [2.75, 3.05) is 18.6 Å². The second kappa shape index (κ2) is 5.53. The Balaban J connectivity index is 1.77. The highest BCUT2D eigenvalue weighted by Gasteiger charge is 2.53.